The highest BCUT2D eigenvalue weighted by molar-refractivity contribution is 4.74. The molecule has 1 unspecified atom stereocenters. The van der Waals surface area contributed by atoms with Gasteiger partial charge in [0.25, 0.3) is 0 Å². The SMILES string of the molecule is CCC(C)(C)COC1CCN(C)C1. The number of likely N-dealkylation sites (N-methyl/N-ethyl adjacent to an activating group) is 1. The predicted molar refractivity (Wildman–Crippen MR) is 55.9 cm³/mol. The summed E-state index contributed by atoms with van der Waals surface area (Å²) in [7, 11) is 2.16. The molecule has 1 aliphatic heterocycles. The largest absolute Gasteiger partial charge is 0.376 e. The first-order valence-corrected chi connectivity index (χ1v) is 5.33. The lowest BCUT2D eigenvalue weighted by atomic mass is 9.92. The van der Waals surface area contributed by atoms with Crippen molar-refractivity contribution in [1.82, 2.24) is 4.90 Å². The molecule has 0 spiro atoms. The fourth-order valence-electron chi connectivity index (χ4n) is 1.48. The molecular formula is C11H23NO. The summed E-state index contributed by atoms with van der Waals surface area (Å²) >= 11 is 0. The highest BCUT2D eigenvalue weighted by Crippen LogP contribution is 2.22. The van der Waals surface area contributed by atoms with Crippen molar-refractivity contribution in [1.29, 1.82) is 0 Å². The lowest BCUT2D eigenvalue weighted by molar-refractivity contribution is 0.00777. The molecule has 0 aromatic carbocycles. The van der Waals surface area contributed by atoms with E-state index in [0.717, 1.165) is 13.2 Å². The normalized spacial score (nSPS) is 25.4. The van der Waals surface area contributed by atoms with Crippen molar-refractivity contribution in [3.63, 3.8) is 0 Å². The Morgan fingerprint density at radius 3 is 2.62 bits per heavy atom. The minimum atomic E-state index is 0.348. The van der Waals surface area contributed by atoms with Gasteiger partial charge in [-0.1, -0.05) is 20.8 Å². The number of hydrogen-bond donors (Lipinski definition) is 0. The third-order valence-corrected chi connectivity index (χ3v) is 3.01. The van der Waals surface area contributed by atoms with E-state index in [0.29, 0.717) is 11.5 Å². The standard InChI is InChI=1S/C11H23NO/c1-5-11(2,3)9-13-10-6-7-12(4)8-10/h10H,5-9H2,1-4H3. The van der Waals surface area contributed by atoms with Crippen LogP contribution in [-0.2, 0) is 4.74 Å². The zero-order valence-electron chi connectivity index (χ0n) is 9.47. The van der Waals surface area contributed by atoms with Crippen LogP contribution in [0.5, 0.6) is 0 Å². The summed E-state index contributed by atoms with van der Waals surface area (Å²) < 4.78 is 5.89. The fourth-order valence-corrected chi connectivity index (χ4v) is 1.48. The van der Waals surface area contributed by atoms with Gasteiger partial charge in [-0.2, -0.15) is 0 Å². The van der Waals surface area contributed by atoms with Crippen molar-refractivity contribution in [3.05, 3.63) is 0 Å². The summed E-state index contributed by atoms with van der Waals surface area (Å²) in [5.41, 5.74) is 0.348. The van der Waals surface area contributed by atoms with Crippen LogP contribution in [0.2, 0.25) is 0 Å². The quantitative estimate of drug-likeness (QED) is 0.665. The smallest absolute Gasteiger partial charge is 0.0714 e. The van der Waals surface area contributed by atoms with E-state index in [-0.39, 0.29) is 0 Å². The molecule has 0 aromatic heterocycles. The predicted octanol–water partition coefficient (Wildman–Crippen LogP) is 2.14. The van der Waals surface area contributed by atoms with Gasteiger partial charge in [0.2, 0.25) is 0 Å². The van der Waals surface area contributed by atoms with Crippen LogP contribution < -0.4 is 0 Å². The van der Waals surface area contributed by atoms with E-state index in [1.165, 1.54) is 19.4 Å². The molecule has 78 valence electrons. The molecule has 0 aromatic rings. The lowest BCUT2D eigenvalue weighted by Crippen LogP contribution is -2.25. The summed E-state index contributed by atoms with van der Waals surface area (Å²) in [5.74, 6) is 0. The van der Waals surface area contributed by atoms with Crippen LogP contribution in [0.15, 0.2) is 0 Å². The second-order valence-electron chi connectivity index (χ2n) is 5.00. The van der Waals surface area contributed by atoms with Gasteiger partial charge in [0.1, 0.15) is 0 Å². The van der Waals surface area contributed by atoms with E-state index in [4.69, 9.17) is 4.74 Å². The molecule has 1 fully saturated rings. The van der Waals surface area contributed by atoms with Crippen molar-refractivity contribution in [2.75, 3.05) is 26.7 Å². The van der Waals surface area contributed by atoms with Gasteiger partial charge in [-0.3, -0.25) is 0 Å². The minimum Gasteiger partial charge on any atom is -0.376 e. The Kier molecular flexibility index (Phi) is 3.74. The van der Waals surface area contributed by atoms with Crippen LogP contribution in [0, 0.1) is 5.41 Å². The molecular weight excluding hydrogens is 162 g/mol. The number of rotatable bonds is 4. The van der Waals surface area contributed by atoms with Gasteiger partial charge in [0.15, 0.2) is 0 Å². The van der Waals surface area contributed by atoms with Gasteiger partial charge in [-0.15, -0.1) is 0 Å². The maximum absolute atomic E-state index is 5.89. The molecule has 1 saturated heterocycles. The first-order chi connectivity index (χ1) is 6.03. The van der Waals surface area contributed by atoms with Crippen LogP contribution >= 0.6 is 0 Å². The Bertz CT molecular complexity index is 156. The molecule has 1 atom stereocenters. The molecule has 0 aliphatic carbocycles. The van der Waals surface area contributed by atoms with Crippen molar-refractivity contribution in [2.45, 2.75) is 39.7 Å². The molecule has 13 heavy (non-hydrogen) atoms. The van der Waals surface area contributed by atoms with Crippen LogP contribution in [0.1, 0.15) is 33.6 Å². The van der Waals surface area contributed by atoms with E-state index >= 15 is 0 Å². The Morgan fingerprint density at radius 2 is 2.15 bits per heavy atom. The van der Waals surface area contributed by atoms with Gasteiger partial charge in [-0.05, 0) is 25.3 Å². The summed E-state index contributed by atoms with van der Waals surface area (Å²) in [6.07, 6.45) is 2.88. The van der Waals surface area contributed by atoms with Crippen molar-refractivity contribution < 1.29 is 4.74 Å². The highest BCUT2D eigenvalue weighted by atomic mass is 16.5. The van der Waals surface area contributed by atoms with E-state index in [2.05, 4.69) is 32.7 Å². The van der Waals surface area contributed by atoms with Crippen molar-refractivity contribution >= 4 is 0 Å². The van der Waals surface area contributed by atoms with Crippen molar-refractivity contribution in [2.24, 2.45) is 5.41 Å². The first kappa shape index (κ1) is 11.0. The molecule has 1 heterocycles. The van der Waals surface area contributed by atoms with E-state index in [1.807, 2.05) is 0 Å². The molecule has 2 heteroatoms. The molecule has 0 bridgehead atoms. The van der Waals surface area contributed by atoms with Crippen LogP contribution in [0.4, 0.5) is 0 Å². The zero-order valence-corrected chi connectivity index (χ0v) is 9.47. The van der Waals surface area contributed by atoms with Gasteiger partial charge >= 0.3 is 0 Å². The fraction of sp³-hybridized carbons (Fsp3) is 1.00. The highest BCUT2D eigenvalue weighted by Gasteiger charge is 2.23. The maximum atomic E-state index is 5.89. The summed E-state index contributed by atoms with van der Waals surface area (Å²) in [4.78, 5) is 2.34. The average molecular weight is 185 g/mol. The first-order valence-electron chi connectivity index (χ1n) is 5.33. The summed E-state index contributed by atoms with van der Waals surface area (Å²) in [6, 6.07) is 0. The number of ether oxygens (including phenoxy) is 1. The zero-order chi connectivity index (χ0) is 9.90. The Labute approximate surface area is 82.3 Å². The number of hydrogen-bond acceptors (Lipinski definition) is 2. The molecule has 2 nitrogen and oxygen atoms in total. The van der Waals surface area contributed by atoms with Crippen LogP contribution in [0.25, 0.3) is 0 Å². The van der Waals surface area contributed by atoms with Gasteiger partial charge in [0.05, 0.1) is 12.7 Å². The van der Waals surface area contributed by atoms with Crippen LogP contribution in [-0.4, -0.2) is 37.7 Å². The average Bonchev–Trinajstić information content (AvgIpc) is 2.48. The molecule has 0 radical (unpaired) electrons. The Morgan fingerprint density at radius 1 is 1.46 bits per heavy atom. The second-order valence-corrected chi connectivity index (χ2v) is 5.00. The third-order valence-electron chi connectivity index (χ3n) is 3.01. The number of nitrogens with zero attached hydrogens (tertiary/aromatic N) is 1. The van der Waals surface area contributed by atoms with E-state index in [1.54, 1.807) is 0 Å². The Hall–Kier alpha value is -0.0800. The van der Waals surface area contributed by atoms with Crippen LogP contribution in [0.3, 0.4) is 0 Å². The maximum Gasteiger partial charge on any atom is 0.0714 e. The van der Waals surface area contributed by atoms with Crippen molar-refractivity contribution in [3.8, 4) is 0 Å². The summed E-state index contributed by atoms with van der Waals surface area (Å²) in [5, 5.41) is 0. The van der Waals surface area contributed by atoms with Gasteiger partial charge < -0.3 is 9.64 Å². The van der Waals surface area contributed by atoms with Gasteiger partial charge in [-0.25, -0.2) is 0 Å². The number of likely N-dealkylation sites (tertiary alicyclic amines) is 1. The van der Waals surface area contributed by atoms with E-state index < -0.39 is 0 Å². The third kappa shape index (κ3) is 3.65. The molecule has 1 rings (SSSR count). The Balaban J connectivity index is 2.19. The topological polar surface area (TPSA) is 12.5 Å². The summed E-state index contributed by atoms with van der Waals surface area (Å²) in [6.45, 7) is 9.97. The van der Waals surface area contributed by atoms with Gasteiger partial charge in [0, 0.05) is 13.1 Å². The monoisotopic (exact) mass is 185 g/mol. The van der Waals surface area contributed by atoms with E-state index in [9.17, 15) is 0 Å². The molecule has 0 N–H and O–H groups in total. The lowest BCUT2D eigenvalue weighted by Gasteiger charge is -2.24. The second kappa shape index (κ2) is 4.43. The molecule has 1 aliphatic rings. The minimum absolute atomic E-state index is 0.348. The molecule has 0 saturated carbocycles. The molecule has 0 amide bonds.